The molecule has 1 heterocycles. The molecule has 5 nitrogen and oxygen atoms in total. The molecule has 0 spiro atoms. The van der Waals surface area contributed by atoms with Gasteiger partial charge < -0.3 is 5.73 Å². The van der Waals surface area contributed by atoms with Crippen LogP contribution in [0.5, 0.6) is 0 Å². The van der Waals surface area contributed by atoms with Gasteiger partial charge in [-0.2, -0.15) is 10.2 Å². The summed E-state index contributed by atoms with van der Waals surface area (Å²) >= 11 is 3.12. The van der Waals surface area contributed by atoms with Crippen molar-refractivity contribution in [1.82, 2.24) is 14.8 Å². The van der Waals surface area contributed by atoms with Crippen LogP contribution in [-0.4, -0.2) is 14.8 Å². The van der Waals surface area contributed by atoms with Crippen molar-refractivity contribution in [2.45, 2.75) is 13.0 Å². The maximum Gasteiger partial charge on any atom is 0.240 e. The van der Waals surface area contributed by atoms with Gasteiger partial charge in [0, 0.05) is 0 Å². The third kappa shape index (κ3) is 1.49. The minimum atomic E-state index is -0.353. The molecule has 2 N–H and O–H groups in total. The van der Waals surface area contributed by atoms with Gasteiger partial charge in [0.15, 0.2) is 4.73 Å². The van der Waals surface area contributed by atoms with Crippen molar-refractivity contribution in [3.63, 3.8) is 0 Å². The molecule has 0 aliphatic heterocycles. The van der Waals surface area contributed by atoms with Crippen LogP contribution >= 0.6 is 15.9 Å². The molecule has 0 amide bonds. The summed E-state index contributed by atoms with van der Waals surface area (Å²) in [5, 5.41) is 12.3. The highest BCUT2D eigenvalue weighted by Gasteiger charge is 2.09. The molecular formula is C5H6BrN5. The van der Waals surface area contributed by atoms with Gasteiger partial charge in [-0.05, 0) is 22.9 Å². The van der Waals surface area contributed by atoms with E-state index in [1.54, 1.807) is 6.92 Å². The monoisotopic (exact) mass is 215 g/mol. The first-order valence-electron chi connectivity index (χ1n) is 2.92. The van der Waals surface area contributed by atoms with Gasteiger partial charge in [0.1, 0.15) is 6.04 Å². The molecule has 0 fully saturated rings. The summed E-state index contributed by atoms with van der Waals surface area (Å²) in [6, 6.07) is 1.66. The largest absolute Gasteiger partial charge is 0.366 e. The first kappa shape index (κ1) is 8.01. The minimum absolute atomic E-state index is 0.166. The predicted molar refractivity (Wildman–Crippen MR) is 42.5 cm³/mol. The number of nitriles is 1. The number of aromatic nitrogens is 3. The number of halogens is 1. The lowest BCUT2D eigenvalue weighted by Crippen LogP contribution is -2.05. The molecule has 1 rings (SSSR count). The second kappa shape index (κ2) is 2.88. The highest BCUT2D eigenvalue weighted by atomic mass is 79.9. The summed E-state index contributed by atoms with van der Waals surface area (Å²) in [6.45, 7) is 1.71. The highest BCUT2D eigenvalue weighted by molar-refractivity contribution is 9.10. The van der Waals surface area contributed by atoms with Gasteiger partial charge in [0.05, 0.1) is 6.07 Å². The molecule has 1 aromatic rings. The summed E-state index contributed by atoms with van der Waals surface area (Å²) < 4.78 is 1.89. The lowest BCUT2D eigenvalue weighted by Gasteiger charge is -2.00. The molecular weight excluding hydrogens is 210 g/mol. The second-order valence-electron chi connectivity index (χ2n) is 1.99. The fraction of sp³-hybridized carbons (Fsp3) is 0.400. The SMILES string of the molecule is CC(C#N)n1nc(N)nc1Br. The third-order valence-corrected chi connectivity index (χ3v) is 1.70. The topological polar surface area (TPSA) is 80.5 Å². The van der Waals surface area contributed by atoms with E-state index in [1.807, 2.05) is 6.07 Å². The van der Waals surface area contributed by atoms with Gasteiger partial charge in [0.2, 0.25) is 5.95 Å². The number of hydrogen-bond acceptors (Lipinski definition) is 4. The summed E-state index contributed by atoms with van der Waals surface area (Å²) in [5.74, 6) is 0.166. The molecule has 0 aliphatic rings. The van der Waals surface area contributed by atoms with Crippen LogP contribution in [-0.2, 0) is 0 Å². The number of nitrogens with zero attached hydrogens (tertiary/aromatic N) is 4. The normalized spacial score (nSPS) is 12.5. The molecule has 0 bridgehead atoms. The second-order valence-corrected chi connectivity index (χ2v) is 2.70. The standard InChI is InChI=1S/C5H6BrN5/c1-3(2-7)11-4(6)9-5(8)10-11/h3H,1H3,(H2,8,10). The van der Waals surface area contributed by atoms with Gasteiger partial charge in [0.25, 0.3) is 0 Å². The Morgan fingerprint density at radius 2 is 2.45 bits per heavy atom. The fourth-order valence-electron chi connectivity index (χ4n) is 0.621. The van der Waals surface area contributed by atoms with E-state index in [0.717, 1.165) is 0 Å². The Kier molecular flexibility index (Phi) is 2.10. The Morgan fingerprint density at radius 1 is 1.82 bits per heavy atom. The van der Waals surface area contributed by atoms with E-state index in [1.165, 1.54) is 4.68 Å². The zero-order valence-electron chi connectivity index (χ0n) is 5.82. The van der Waals surface area contributed by atoms with Gasteiger partial charge in [-0.1, -0.05) is 0 Å². The predicted octanol–water partition coefficient (Wildman–Crippen LogP) is 0.707. The summed E-state index contributed by atoms with van der Waals surface area (Å²) in [6.07, 6.45) is 0. The fourth-order valence-corrected chi connectivity index (χ4v) is 1.19. The van der Waals surface area contributed by atoms with E-state index in [2.05, 4.69) is 26.0 Å². The summed E-state index contributed by atoms with van der Waals surface area (Å²) in [5.41, 5.74) is 5.29. The molecule has 0 saturated heterocycles. The lowest BCUT2D eigenvalue weighted by molar-refractivity contribution is 0.577. The van der Waals surface area contributed by atoms with E-state index in [0.29, 0.717) is 4.73 Å². The lowest BCUT2D eigenvalue weighted by atomic mass is 10.4. The average Bonchev–Trinajstić information content (AvgIpc) is 2.28. The Hall–Kier alpha value is -1.09. The van der Waals surface area contributed by atoms with Crippen LogP contribution in [0.15, 0.2) is 4.73 Å². The molecule has 58 valence electrons. The third-order valence-electron chi connectivity index (χ3n) is 1.16. The highest BCUT2D eigenvalue weighted by Crippen LogP contribution is 2.13. The molecule has 0 radical (unpaired) electrons. The Bertz CT molecular complexity index is 298. The van der Waals surface area contributed by atoms with Crippen LogP contribution in [0.2, 0.25) is 0 Å². The average molecular weight is 216 g/mol. The minimum Gasteiger partial charge on any atom is -0.366 e. The van der Waals surface area contributed by atoms with E-state index in [-0.39, 0.29) is 12.0 Å². The molecule has 1 unspecified atom stereocenters. The maximum atomic E-state index is 8.52. The number of hydrogen-bond donors (Lipinski definition) is 1. The van der Waals surface area contributed by atoms with Crippen LogP contribution < -0.4 is 5.73 Å². The van der Waals surface area contributed by atoms with Gasteiger partial charge >= 0.3 is 0 Å². The van der Waals surface area contributed by atoms with Gasteiger partial charge in [-0.15, -0.1) is 5.10 Å². The Labute approximate surface area is 72.0 Å². The van der Waals surface area contributed by atoms with Crippen LogP contribution in [0.1, 0.15) is 13.0 Å². The molecule has 11 heavy (non-hydrogen) atoms. The summed E-state index contributed by atoms with van der Waals surface area (Å²) in [4.78, 5) is 3.78. The molecule has 0 saturated carbocycles. The van der Waals surface area contributed by atoms with Crippen LogP contribution in [0.3, 0.4) is 0 Å². The Morgan fingerprint density at radius 3 is 2.82 bits per heavy atom. The van der Waals surface area contributed by atoms with Crippen LogP contribution in [0.4, 0.5) is 5.95 Å². The Balaban J connectivity index is 3.05. The molecule has 1 atom stereocenters. The van der Waals surface area contributed by atoms with Crippen molar-refractivity contribution in [3.8, 4) is 6.07 Å². The van der Waals surface area contributed by atoms with Crippen molar-refractivity contribution in [2.75, 3.05) is 5.73 Å². The summed E-state index contributed by atoms with van der Waals surface area (Å²) in [7, 11) is 0. The van der Waals surface area contributed by atoms with Crippen molar-refractivity contribution in [2.24, 2.45) is 0 Å². The van der Waals surface area contributed by atoms with Crippen molar-refractivity contribution >= 4 is 21.9 Å². The maximum absolute atomic E-state index is 8.52. The first-order valence-corrected chi connectivity index (χ1v) is 3.71. The molecule has 6 heteroatoms. The van der Waals surface area contributed by atoms with Crippen LogP contribution in [0, 0.1) is 11.3 Å². The quantitative estimate of drug-likeness (QED) is 0.749. The van der Waals surface area contributed by atoms with Crippen molar-refractivity contribution < 1.29 is 0 Å². The first-order chi connectivity index (χ1) is 5.15. The van der Waals surface area contributed by atoms with Crippen molar-refractivity contribution in [1.29, 1.82) is 5.26 Å². The molecule has 1 aromatic heterocycles. The van der Waals surface area contributed by atoms with Gasteiger partial charge in [-0.25, -0.2) is 4.68 Å². The van der Waals surface area contributed by atoms with E-state index in [9.17, 15) is 0 Å². The van der Waals surface area contributed by atoms with E-state index in [4.69, 9.17) is 11.0 Å². The smallest absolute Gasteiger partial charge is 0.240 e. The zero-order valence-corrected chi connectivity index (χ0v) is 7.41. The number of nitrogen functional groups attached to an aromatic ring is 1. The van der Waals surface area contributed by atoms with E-state index >= 15 is 0 Å². The molecule has 0 aromatic carbocycles. The van der Waals surface area contributed by atoms with Crippen molar-refractivity contribution in [3.05, 3.63) is 4.73 Å². The number of rotatable bonds is 1. The number of anilines is 1. The van der Waals surface area contributed by atoms with Crippen LogP contribution in [0.25, 0.3) is 0 Å². The molecule has 0 aliphatic carbocycles. The van der Waals surface area contributed by atoms with Gasteiger partial charge in [-0.3, -0.25) is 0 Å². The van der Waals surface area contributed by atoms with E-state index < -0.39 is 0 Å². The zero-order chi connectivity index (χ0) is 8.43. The number of nitrogens with two attached hydrogens (primary N) is 1.